The molecule has 1 saturated heterocycles. The summed E-state index contributed by atoms with van der Waals surface area (Å²) in [5.41, 5.74) is 0. The first-order valence-electron chi connectivity index (χ1n) is 3.21. The molecule has 0 spiro atoms. The quantitative estimate of drug-likeness (QED) is 0.541. The van der Waals surface area contributed by atoms with Crippen LogP contribution in [-0.4, -0.2) is 25.2 Å². The zero-order valence-corrected chi connectivity index (χ0v) is 5.52. The monoisotopic (exact) mass is 129 g/mol. The van der Waals surface area contributed by atoms with Crippen LogP contribution in [0.1, 0.15) is 13.3 Å². The van der Waals surface area contributed by atoms with E-state index < -0.39 is 0 Å². The Labute approximate surface area is 54.4 Å². The van der Waals surface area contributed by atoms with Crippen molar-refractivity contribution < 1.29 is 9.53 Å². The molecular formula is C6H11NO2. The summed E-state index contributed by atoms with van der Waals surface area (Å²) in [6.07, 6.45) is 0.868. The fraction of sp³-hybridized carbons (Fsp3) is 0.833. The van der Waals surface area contributed by atoms with E-state index in [4.69, 9.17) is 4.74 Å². The van der Waals surface area contributed by atoms with E-state index in [1.165, 1.54) is 0 Å². The second kappa shape index (κ2) is 2.82. The number of nitrogens with one attached hydrogen (secondary N) is 1. The molecule has 0 unspecified atom stereocenters. The van der Waals surface area contributed by atoms with Gasteiger partial charge in [0.2, 0.25) is 5.91 Å². The van der Waals surface area contributed by atoms with Crippen LogP contribution in [-0.2, 0) is 9.53 Å². The molecule has 0 saturated carbocycles. The molecule has 1 atom stereocenters. The highest BCUT2D eigenvalue weighted by Crippen LogP contribution is 2.05. The highest BCUT2D eigenvalue weighted by atomic mass is 16.6. The Balaban J connectivity index is 1.96. The van der Waals surface area contributed by atoms with Crippen LogP contribution in [0.2, 0.25) is 0 Å². The number of hydrogen-bond acceptors (Lipinski definition) is 2. The Morgan fingerprint density at radius 3 is 3.00 bits per heavy atom. The van der Waals surface area contributed by atoms with Gasteiger partial charge in [0, 0.05) is 13.0 Å². The van der Waals surface area contributed by atoms with Crippen LogP contribution in [0.25, 0.3) is 0 Å². The summed E-state index contributed by atoms with van der Waals surface area (Å²) in [5.74, 6) is 0.102. The average molecular weight is 129 g/mol. The number of carbonyl (C=O) groups is 1. The number of carbonyl (C=O) groups excluding carboxylic acids is 1. The van der Waals surface area contributed by atoms with Crippen molar-refractivity contribution in [3.63, 3.8) is 0 Å². The van der Waals surface area contributed by atoms with Crippen molar-refractivity contribution in [3.8, 4) is 0 Å². The van der Waals surface area contributed by atoms with Crippen LogP contribution in [0, 0.1) is 0 Å². The van der Waals surface area contributed by atoms with Gasteiger partial charge in [-0.1, -0.05) is 6.92 Å². The van der Waals surface area contributed by atoms with Gasteiger partial charge in [0.25, 0.3) is 0 Å². The number of rotatable bonds is 3. The van der Waals surface area contributed by atoms with Gasteiger partial charge in [0.1, 0.15) is 0 Å². The summed E-state index contributed by atoms with van der Waals surface area (Å²) < 4.78 is 4.89. The molecule has 1 amide bonds. The van der Waals surface area contributed by atoms with Crippen LogP contribution < -0.4 is 5.32 Å². The summed E-state index contributed by atoms with van der Waals surface area (Å²) in [4.78, 5) is 10.6. The molecule has 1 aliphatic heterocycles. The van der Waals surface area contributed by atoms with E-state index in [1.54, 1.807) is 0 Å². The van der Waals surface area contributed by atoms with Gasteiger partial charge in [-0.3, -0.25) is 4.79 Å². The van der Waals surface area contributed by atoms with Gasteiger partial charge in [0.15, 0.2) is 0 Å². The largest absolute Gasteiger partial charge is 0.371 e. The molecule has 3 heteroatoms. The fourth-order valence-corrected chi connectivity index (χ4v) is 0.539. The maximum atomic E-state index is 10.6. The molecule has 1 fully saturated rings. The molecular weight excluding hydrogens is 118 g/mol. The van der Waals surface area contributed by atoms with E-state index in [0.29, 0.717) is 19.1 Å². The van der Waals surface area contributed by atoms with Crippen LogP contribution in [0.5, 0.6) is 0 Å². The number of ether oxygens (including phenoxy) is 1. The minimum Gasteiger partial charge on any atom is -0.371 e. The van der Waals surface area contributed by atoms with Crippen molar-refractivity contribution in [3.05, 3.63) is 0 Å². The van der Waals surface area contributed by atoms with E-state index in [0.717, 1.165) is 6.61 Å². The van der Waals surface area contributed by atoms with Gasteiger partial charge < -0.3 is 10.1 Å². The van der Waals surface area contributed by atoms with E-state index >= 15 is 0 Å². The molecule has 1 heterocycles. The summed E-state index contributed by atoms with van der Waals surface area (Å²) in [6.45, 7) is 3.33. The summed E-state index contributed by atoms with van der Waals surface area (Å²) >= 11 is 0. The Kier molecular flexibility index (Phi) is 2.05. The molecule has 1 rings (SSSR count). The summed E-state index contributed by atoms with van der Waals surface area (Å²) in [6, 6.07) is 0. The van der Waals surface area contributed by atoms with Crippen molar-refractivity contribution >= 4 is 5.91 Å². The van der Waals surface area contributed by atoms with Crippen molar-refractivity contribution in [1.82, 2.24) is 5.32 Å². The summed E-state index contributed by atoms with van der Waals surface area (Å²) in [7, 11) is 0. The Hall–Kier alpha value is -0.570. The van der Waals surface area contributed by atoms with E-state index in [-0.39, 0.29) is 5.91 Å². The average Bonchev–Trinajstić information content (AvgIpc) is 2.65. The normalized spacial score (nSPS) is 23.4. The van der Waals surface area contributed by atoms with Crippen LogP contribution in [0.3, 0.4) is 0 Å². The first-order valence-corrected chi connectivity index (χ1v) is 3.21. The molecule has 0 bridgehead atoms. The third-order valence-electron chi connectivity index (χ3n) is 1.25. The highest BCUT2D eigenvalue weighted by molar-refractivity contribution is 5.75. The lowest BCUT2D eigenvalue weighted by molar-refractivity contribution is -0.120. The van der Waals surface area contributed by atoms with Crippen molar-refractivity contribution in [1.29, 1.82) is 0 Å². The predicted octanol–water partition coefficient (Wildman–Crippen LogP) is -0.0886. The minimum absolute atomic E-state index is 0.102. The van der Waals surface area contributed by atoms with E-state index in [1.807, 2.05) is 6.92 Å². The van der Waals surface area contributed by atoms with Gasteiger partial charge in [-0.15, -0.1) is 0 Å². The molecule has 9 heavy (non-hydrogen) atoms. The van der Waals surface area contributed by atoms with Crippen LogP contribution >= 0.6 is 0 Å². The lowest BCUT2D eigenvalue weighted by Crippen LogP contribution is -2.26. The van der Waals surface area contributed by atoms with Gasteiger partial charge in [0.05, 0.1) is 12.7 Å². The Morgan fingerprint density at radius 2 is 2.56 bits per heavy atom. The first kappa shape index (κ1) is 6.55. The smallest absolute Gasteiger partial charge is 0.219 e. The molecule has 0 radical (unpaired) electrons. The Morgan fingerprint density at radius 1 is 1.89 bits per heavy atom. The number of hydrogen-bond donors (Lipinski definition) is 1. The standard InChI is InChI=1S/C6H11NO2/c1-2-6(8)7-3-5-4-9-5/h5H,2-4H2,1H3,(H,7,8)/t5-/m0/s1. The highest BCUT2D eigenvalue weighted by Gasteiger charge is 2.22. The molecule has 0 aromatic heterocycles. The van der Waals surface area contributed by atoms with Crippen molar-refractivity contribution in [2.75, 3.05) is 13.2 Å². The van der Waals surface area contributed by atoms with Gasteiger partial charge in [-0.2, -0.15) is 0 Å². The third-order valence-corrected chi connectivity index (χ3v) is 1.25. The molecule has 1 N–H and O–H groups in total. The molecule has 0 aliphatic carbocycles. The fourth-order valence-electron chi connectivity index (χ4n) is 0.539. The second-order valence-electron chi connectivity index (χ2n) is 2.11. The predicted molar refractivity (Wildman–Crippen MR) is 33.0 cm³/mol. The lowest BCUT2D eigenvalue weighted by Gasteiger charge is -1.97. The van der Waals surface area contributed by atoms with E-state index in [2.05, 4.69) is 5.32 Å². The molecule has 1 aliphatic rings. The maximum Gasteiger partial charge on any atom is 0.219 e. The van der Waals surface area contributed by atoms with Crippen LogP contribution in [0.4, 0.5) is 0 Å². The minimum atomic E-state index is 0.102. The maximum absolute atomic E-state index is 10.6. The Bertz CT molecular complexity index is 110. The van der Waals surface area contributed by atoms with Gasteiger partial charge in [-0.05, 0) is 0 Å². The number of epoxide rings is 1. The first-order chi connectivity index (χ1) is 4.33. The van der Waals surface area contributed by atoms with Crippen molar-refractivity contribution in [2.24, 2.45) is 0 Å². The number of amides is 1. The lowest BCUT2D eigenvalue weighted by atomic mass is 10.4. The van der Waals surface area contributed by atoms with E-state index in [9.17, 15) is 4.79 Å². The molecule has 0 aromatic rings. The molecule has 52 valence electrons. The third kappa shape index (κ3) is 2.46. The van der Waals surface area contributed by atoms with Crippen molar-refractivity contribution in [2.45, 2.75) is 19.4 Å². The SMILES string of the molecule is CCC(=O)NC[C@H]1CO1. The summed E-state index contributed by atoms with van der Waals surface area (Å²) in [5, 5.41) is 2.73. The zero-order valence-electron chi connectivity index (χ0n) is 5.52. The van der Waals surface area contributed by atoms with Gasteiger partial charge >= 0.3 is 0 Å². The molecule has 3 nitrogen and oxygen atoms in total. The van der Waals surface area contributed by atoms with Crippen LogP contribution in [0.15, 0.2) is 0 Å². The van der Waals surface area contributed by atoms with Gasteiger partial charge in [-0.25, -0.2) is 0 Å². The molecule has 0 aromatic carbocycles. The zero-order chi connectivity index (χ0) is 6.69. The second-order valence-corrected chi connectivity index (χ2v) is 2.11. The topological polar surface area (TPSA) is 41.6 Å².